The van der Waals surface area contributed by atoms with Crippen LogP contribution in [-0.2, 0) is 4.74 Å². The average molecular weight is 324 g/mol. The van der Waals surface area contributed by atoms with Crippen molar-refractivity contribution in [1.29, 1.82) is 0 Å². The largest absolute Gasteiger partial charge is 0.379 e. The molecule has 0 spiro atoms. The zero-order valence-electron chi connectivity index (χ0n) is 12.0. The van der Waals surface area contributed by atoms with Crippen molar-refractivity contribution in [3.8, 4) is 0 Å². The van der Waals surface area contributed by atoms with Crippen LogP contribution >= 0.6 is 11.8 Å². The second-order valence-electron chi connectivity index (χ2n) is 4.35. The molecule has 0 unspecified atom stereocenters. The maximum Gasteiger partial charge on any atom is 0.269 e. The smallest absolute Gasteiger partial charge is 0.269 e. The third-order valence-corrected chi connectivity index (χ3v) is 3.90. The number of rotatable bonds is 7. The van der Waals surface area contributed by atoms with Crippen molar-refractivity contribution >= 4 is 29.2 Å². The topological polar surface area (TPSA) is 127 Å². The molecule has 0 atom stereocenters. The lowest BCUT2D eigenvalue weighted by Crippen LogP contribution is -2.23. The van der Waals surface area contributed by atoms with Crippen LogP contribution in [0.1, 0.15) is 31.3 Å². The van der Waals surface area contributed by atoms with Crippen LogP contribution in [0.15, 0.2) is 11.0 Å². The van der Waals surface area contributed by atoms with E-state index in [0.717, 1.165) is 0 Å². The van der Waals surface area contributed by atoms with Crippen molar-refractivity contribution in [1.82, 2.24) is 15.5 Å². The molecule has 1 heterocycles. The minimum absolute atomic E-state index is 0.00133. The molecule has 1 aliphatic rings. The second kappa shape index (κ2) is 7.34. The van der Waals surface area contributed by atoms with E-state index in [0.29, 0.717) is 25.5 Å². The van der Waals surface area contributed by atoms with Crippen LogP contribution in [0.5, 0.6) is 0 Å². The van der Waals surface area contributed by atoms with Gasteiger partial charge in [-0.3, -0.25) is 19.5 Å². The summed E-state index contributed by atoms with van der Waals surface area (Å²) in [7, 11) is 1.44. The van der Waals surface area contributed by atoms with Gasteiger partial charge in [0.05, 0.1) is 23.7 Å². The molecule has 8 nitrogen and oxygen atoms in total. The van der Waals surface area contributed by atoms with E-state index in [1.807, 2.05) is 0 Å². The number of aromatic amines is 1. The summed E-state index contributed by atoms with van der Waals surface area (Å²) in [5.74, 6) is -0.766. The molecule has 0 radical (unpaired) electrons. The molecule has 4 N–H and O–H groups in total. The summed E-state index contributed by atoms with van der Waals surface area (Å²) in [6.07, 6.45) is 1.24. The third-order valence-electron chi connectivity index (χ3n) is 2.91. The van der Waals surface area contributed by atoms with Gasteiger partial charge in [0.25, 0.3) is 5.91 Å². The quantitative estimate of drug-likeness (QED) is 0.590. The molecule has 0 aromatic carbocycles. The Labute approximate surface area is 130 Å². The van der Waals surface area contributed by atoms with Gasteiger partial charge in [-0.1, -0.05) is 0 Å². The van der Waals surface area contributed by atoms with Gasteiger partial charge in [-0.15, -0.1) is 11.8 Å². The average Bonchev–Trinajstić information content (AvgIpc) is 2.96. The van der Waals surface area contributed by atoms with Crippen molar-refractivity contribution in [3.05, 3.63) is 27.9 Å². The van der Waals surface area contributed by atoms with Crippen molar-refractivity contribution in [3.63, 3.8) is 0 Å². The number of nitrogens with one attached hydrogen (secondary N) is 2. The first-order valence-corrected chi connectivity index (χ1v) is 7.60. The number of ether oxygens (including phenoxy) is 1. The van der Waals surface area contributed by atoms with Gasteiger partial charge in [-0.25, -0.2) is 0 Å². The number of carbonyl (C=O) groups excluding carboxylic acids is 3. The molecule has 0 saturated carbocycles. The lowest BCUT2D eigenvalue weighted by molar-refractivity contribution is 0.0945. The number of allylic oxidation sites excluding steroid dienone is 2. The number of Topliss-reactive ketones (excluding diaryl/α,β-unsaturated/α-hetero) is 1. The number of hydrogen-bond acceptors (Lipinski definition) is 7. The first-order valence-electron chi connectivity index (χ1n) is 6.62. The minimum Gasteiger partial charge on any atom is -0.379 e. The fraction of sp³-hybridized carbons (Fsp3) is 0.385. The van der Waals surface area contributed by atoms with Gasteiger partial charge in [-0.2, -0.15) is 5.10 Å². The van der Waals surface area contributed by atoms with E-state index in [4.69, 9.17) is 10.5 Å². The molecule has 22 heavy (non-hydrogen) atoms. The van der Waals surface area contributed by atoms with Gasteiger partial charge in [0.2, 0.25) is 11.6 Å². The first kappa shape index (κ1) is 16.4. The minimum atomic E-state index is -0.493. The lowest BCUT2D eigenvalue weighted by Gasteiger charge is -2.11. The van der Waals surface area contributed by atoms with Crippen LogP contribution in [0.2, 0.25) is 0 Å². The van der Waals surface area contributed by atoms with Gasteiger partial charge in [0, 0.05) is 25.4 Å². The van der Waals surface area contributed by atoms with Crippen LogP contribution in [-0.4, -0.2) is 60.2 Å². The first-order chi connectivity index (χ1) is 10.6. The Balaban J connectivity index is 2.13. The van der Waals surface area contributed by atoms with E-state index in [2.05, 4.69) is 15.5 Å². The number of amides is 1. The van der Waals surface area contributed by atoms with Crippen molar-refractivity contribution < 1.29 is 19.1 Å². The van der Waals surface area contributed by atoms with Gasteiger partial charge >= 0.3 is 0 Å². The van der Waals surface area contributed by atoms with Gasteiger partial charge < -0.3 is 15.8 Å². The summed E-state index contributed by atoms with van der Waals surface area (Å²) < 4.78 is 5.22. The zero-order valence-corrected chi connectivity index (χ0v) is 12.8. The number of hydrogen-bond donors (Lipinski definition) is 3. The van der Waals surface area contributed by atoms with Crippen LogP contribution < -0.4 is 11.1 Å². The highest BCUT2D eigenvalue weighted by Crippen LogP contribution is 2.29. The Morgan fingerprint density at radius 1 is 1.45 bits per heavy atom. The number of nitrogens with two attached hydrogens (primary N) is 1. The Bertz CT molecular complexity index is 638. The highest BCUT2D eigenvalue weighted by atomic mass is 32.2. The number of ketones is 2. The highest BCUT2D eigenvalue weighted by Gasteiger charge is 2.33. The molecule has 1 aliphatic carbocycles. The summed E-state index contributed by atoms with van der Waals surface area (Å²) >= 11 is 1.21. The SMILES string of the molecule is CNC(=O)c1[nH]nc2c1C(=O)C(SCCOCCN)=CC2=O. The number of aromatic nitrogens is 2. The number of nitrogens with zero attached hydrogens (tertiary/aromatic N) is 1. The number of thioether (sulfide) groups is 1. The van der Waals surface area contributed by atoms with Gasteiger partial charge in [-0.05, 0) is 0 Å². The number of carbonyl (C=O) groups is 3. The van der Waals surface area contributed by atoms with Crippen molar-refractivity contribution in [2.45, 2.75) is 0 Å². The molecule has 2 rings (SSSR count). The molecular formula is C13H16N4O4S. The lowest BCUT2D eigenvalue weighted by atomic mass is 9.99. The maximum atomic E-state index is 12.4. The molecule has 1 aromatic heterocycles. The Kier molecular flexibility index (Phi) is 5.47. The molecule has 9 heteroatoms. The molecule has 0 bridgehead atoms. The molecule has 1 aromatic rings. The second-order valence-corrected chi connectivity index (χ2v) is 5.49. The van der Waals surface area contributed by atoms with E-state index in [9.17, 15) is 14.4 Å². The van der Waals surface area contributed by atoms with Crippen LogP contribution in [0.3, 0.4) is 0 Å². The Morgan fingerprint density at radius 2 is 2.23 bits per heavy atom. The summed E-state index contributed by atoms with van der Waals surface area (Å²) in [5.41, 5.74) is 5.31. The summed E-state index contributed by atoms with van der Waals surface area (Å²) in [6, 6.07) is 0. The fourth-order valence-electron chi connectivity index (χ4n) is 1.91. The molecule has 1 amide bonds. The van der Waals surface area contributed by atoms with E-state index in [1.165, 1.54) is 24.9 Å². The summed E-state index contributed by atoms with van der Waals surface area (Å²) in [5, 5.41) is 8.61. The molecular weight excluding hydrogens is 308 g/mol. The molecule has 0 fully saturated rings. The number of H-pyrrole nitrogens is 1. The molecule has 0 aliphatic heterocycles. The standard InChI is InChI=1S/C13H16N4O4S/c1-15-13(20)11-9-10(16-17-11)7(18)6-8(12(9)19)22-5-4-21-3-2-14/h6H,2-5,14H2,1H3,(H,15,20)(H,16,17). The predicted molar refractivity (Wildman–Crippen MR) is 81.1 cm³/mol. The van der Waals surface area contributed by atoms with Crippen LogP contribution in [0.25, 0.3) is 0 Å². The van der Waals surface area contributed by atoms with Gasteiger partial charge in [0.1, 0.15) is 11.4 Å². The molecule has 118 valence electrons. The third kappa shape index (κ3) is 3.26. The zero-order chi connectivity index (χ0) is 16.1. The van der Waals surface area contributed by atoms with Gasteiger partial charge in [0.15, 0.2) is 0 Å². The summed E-state index contributed by atoms with van der Waals surface area (Å²) in [4.78, 5) is 36.5. The van der Waals surface area contributed by atoms with E-state index in [-0.39, 0.29) is 27.6 Å². The number of fused-ring (bicyclic) bond motifs is 1. The van der Waals surface area contributed by atoms with Crippen molar-refractivity contribution in [2.75, 3.05) is 32.6 Å². The monoisotopic (exact) mass is 324 g/mol. The Morgan fingerprint density at radius 3 is 2.91 bits per heavy atom. The predicted octanol–water partition coefficient (Wildman–Crippen LogP) is -0.259. The molecule has 0 saturated heterocycles. The maximum absolute atomic E-state index is 12.4. The highest BCUT2D eigenvalue weighted by molar-refractivity contribution is 8.04. The normalized spacial score (nSPS) is 13.8. The van der Waals surface area contributed by atoms with E-state index in [1.54, 1.807) is 0 Å². The Hall–Kier alpha value is -1.97. The van der Waals surface area contributed by atoms with Crippen LogP contribution in [0, 0.1) is 0 Å². The van der Waals surface area contributed by atoms with Crippen LogP contribution in [0.4, 0.5) is 0 Å². The summed E-state index contributed by atoms with van der Waals surface area (Å²) in [6.45, 7) is 1.29. The van der Waals surface area contributed by atoms with E-state index >= 15 is 0 Å². The fourth-order valence-corrected chi connectivity index (χ4v) is 2.75. The van der Waals surface area contributed by atoms with E-state index < -0.39 is 11.7 Å². The van der Waals surface area contributed by atoms with Crippen molar-refractivity contribution in [2.24, 2.45) is 5.73 Å².